The third kappa shape index (κ3) is 6.02. The van der Waals surface area contributed by atoms with Crippen LogP contribution in [0.25, 0.3) is 23.0 Å². The number of hydrogen-bond donors (Lipinski definition) is 0. The summed E-state index contributed by atoms with van der Waals surface area (Å²) in [5.74, 6) is -0.152. The van der Waals surface area contributed by atoms with Gasteiger partial charge in [0.1, 0.15) is 10.0 Å². The zero-order valence-corrected chi connectivity index (χ0v) is 24.1. The van der Waals surface area contributed by atoms with Gasteiger partial charge in [0.2, 0.25) is 10.0 Å². The SMILES string of the molecule is COCCCN1C(=O)C(=Cc2cn(-c3ccccc3)nc2-c2cccc(S(=O)(=O)N3CCCCC3)c2)SC1=S. The number of methoxy groups -OCH3 is 1. The Morgan fingerprint density at radius 3 is 2.59 bits per heavy atom. The maximum atomic E-state index is 13.4. The number of amides is 1. The first-order valence-electron chi connectivity index (χ1n) is 12.9. The number of ether oxygens (including phenoxy) is 1. The molecule has 2 fully saturated rings. The van der Waals surface area contributed by atoms with Crippen LogP contribution in [-0.2, 0) is 19.6 Å². The van der Waals surface area contributed by atoms with Gasteiger partial charge in [-0.05, 0) is 49.6 Å². The number of aromatic nitrogens is 2. The molecule has 0 radical (unpaired) electrons. The average molecular weight is 583 g/mol. The van der Waals surface area contributed by atoms with Crippen LogP contribution in [0.5, 0.6) is 0 Å². The first-order valence-corrected chi connectivity index (χ1v) is 15.5. The number of nitrogens with zero attached hydrogens (tertiary/aromatic N) is 4. The molecule has 39 heavy (non-hydrogen) atoms. The lowest BCUT2D eigenvalue weighted by molar-refractivity contribution is -0.122. The minimum Gasteiger partial charge on any atom is -0.385 e. The summed E-state index contributed by atoms with van der Waals surface area (Å²) < 4.78 is 35.7. The topological polar surface area (TPSA) is 84.7 Å². The van der Waals surface area contributed by atoms with Crippen molar-refractivity contribution in [1.29, 1.82) is 0 Å². The number of carbonyl (C=O) groups excluding carboxylic acids is 1. The van der Waals surface area contributed by atoms with Crippen LogP contribution >= 0.6 is 24.0 Å². The van der Waals surface area contributed by atoms with Crippen molar-refractivity contribution < 1.29 is 17.9 Å². The molecule has 0 bridgehead atoms. The molecule has 0 aliphatic carbocycles. The van der Waals surface area contributed by atoms with E-state index in [4.69, 9.17) is 22.1 Å². The molecular weight excluding hydrogens is 553 g/mol. The molecule has 1 amide bonds. The van der Waals surface area contributed by atoms with Crippen LogP contribution in [0.15, 0.2) is 70.6 Å². The molecule has 5 rings (SSSR count). The van der Waals surface area contributed by atoms with Crippen LogP contribution in [0, 0.1) is 0 Å². The molecule has 8 nitrogen and oxygen atoms in total. The number of hydrogen-bond acceptors (Lipinski definition) is 7. The van der Waals surface area contributed by atoms with Crippen molar-refractivity contribution in [1.82, 2.24) is 19.0 Å². The summed E-state index contributed by atoms with van der Waals surface area (Å²) in [6.07, 6.45) is 7.12. The van der Waals surface area contributed by atoms with Crippen molar-refractivity contribution in [2.24, 2.45) is 0 Å². The third-order valence-electron chi connectivity index (χ3n) is 6.71. The molecule has 0 saturated carbocycles. The number of thioether (sulfide) groups is 1. The van der Waals surface area contributed by atoms with Crippen molar-refractivity contribution in [3.8, 4) is 16.9 Å². The van der Waals surface area contributed by atoms with E-state index in [1.165, 1.54) is 11.8 Å². The molecule has 0 unspecified atom stereocenters. The number of rotatable bonds is 9. The van der Waals surface area contributed by atoms with Gasteiger partial charge in [0.05, 0.1) is 15.5 Å². The van der Waals surface area contributed by atoms with Crippen molar-refractivity contribution >= 4 is 50.3 Å². The van der Waals surface area contributed by atoms with E-state index in [1.807, 2.05) is 42.6 Å². The summed E-state index contributed by atoms with van der Waals surface area (Å²) in [5.41, 5.74) is 2.79. The Bertz CT molecular complexity index is 1500. The molecule has 2 aliphatic rings. The van der Waals surface area contributed by atoms with Crippen LogP contribution < -0.4 is 0 Å². The summed E-state index contributed by atoms with van der Waals surface area (Å²) in [7, 11) is -1.99. The second-order valence-corrected chi connectivity index (χ2v) is 13.0. The van der Waals surface area contributed by atoms with E-state index in [0.29, 0.717) is 58.7 Å². The van der Waals surface area contributed by atoms with Gasteiger partial charge in [-0.3, -0.25) is 9.69 Å². The molecular formula is C28H30N4O4S3. The fourth-order valence-corrected chi connectivity index (χ4v) is 7.55. The number of carbonyl (C=O) groups is 1. The first kappa shape index (κ1) is 27.7. The van der Waals surface area contributed by atoms with Crippen molar-refractivity contribution in [2.45, 2.75) is 30.6 Å². The largest absolute Gasteiger partial charge is 0.385 e. The van der Waals surface area contributed by atoms with Gasteiger partial charge in [-0.2, -0.15) is 9.40 Å². The molecule has 204 valence electrons. The number of para-hydroxylation sites is 1. The van der Waals surface area contributed by atoms with E-state index in [9.17, 15) is 13.2 Å². The minimum atomic E-state index is -3.62. The molecule has 3 aromatic rings. The highest BCUT2D eigenvalue weighted by Gasteiger charge is 2.32. The highest BCUT2D eigenvalue weighted by Crippen LogP contribution is 2.35. The molecule has 3 heterocycles. The van der Waals surface area contributed by atoms with E-state index >= 15 is 0 Å². The van der Waals surface area contributed by atoms with E-state index < -0.39 is 10.0 Å². The molecule has 2 aliphatic heterocycles. The van der Waals surface area contributed by atoms with E-state index in [0.717, 1.165) is 24.9 Å². The quantitative estimate of drug-likeness (QED) is 0.201. The molecule has 1 aromatic heterocycles. The number of piperidine rings is 1. The third-order valence-corrected chi connectivity index (χ3v) is 9.99. The lowest BCUT2D eigenvalue weighted by Gasteiger charge is -2.26. The Morgan fingerprint density at radius 2 is 1.85 bits per heavy atom. The summed E-state index contributed by atoms with van der Waals surface area (Å²) >= 11 is 6.74. The maximum absolute atomic E-state index is 13.4. The molecule has 0 atom stereocenters. The summed E-state index contributed by atoms with van der Waals surface area (Å²) in [6, 6.07) is 16.5. The van der Waals surface area contributed by atoms with Gasteiger partial charge in [0.25, 0.3) is 5.91 Å². The number of sulfonamides is 1. The van der Waals surface area contributed by atoms with Gasteiger partial charge >= 0.3 is 0 Å². The predicted octanol–water partition coefficient (Wildman–Crippen LogP) is 4.95. The van der Waals surface area contributed by atoms with Gasteiger partial charge in [-0.15, -0.1) is 0 Å². The average Bonchev–Trinajstić information content (AvgIpc) is 3.50. The fourth-order valence-electron chi connectivity index (χ4n) is 4.69. The van der Waals surface area contributed by atoms with Crippen LogP contribution in [-0.4, -0.2) is 71.0 Å². The second kappa shape index (κ2) is 12.1. The standard InChI is InChI=1S/C28H30N4O4S3/c1-36-17-9-16-31-27(33)25(38-28(31)37)19-22-20-32(23-11-4-2-5-12-23)29-26(22)21-10-8-13-24(18-21)39(34,35)30-14-6-3-7-15-30/h2,4-5,8,10-13,18-20H,3,6-7,9,14-17H2,1H3. The highest BCUT2D eigenvalue weighted by molar-refractivity contribution is 8.26. The van der Waals surface area contributed by atoms with E-state index in [-0.39, 0.29) is 10.8 Å². The predicted molar refractivity (Wildman–Crippen MR) is 158 cm³/mol. The normalized spacial score (nSPS) is 17.9. The van der Waals surface area contributed by atoms with Crippen molar-refractivity contribution in [2.75, 3.05) is 33.4 Å². The zero-order chi connectivity index (χ0) is 27.4. The second-order valence-electron chi connectivity index (χ2n) is 9.39. The van der Waals surface area contributed by atoms with Gasteiger partial charge in [-0.1, -0.05) is 60.7 Å². The van der Waals surface area contributed by atoms with E-state index in [1.54, 1.807) is 45.3 Å². The number of benzene rings is 2. The van der Waals surface area contributed by atoms with Crippen molar-refractivity contribution in [3.63, 3.8) is 0 Å². The Balaban J connectivity index is 1.54. The first-order chi connectivity index (χ1) is 18.9. The van der Waals surface area contributed by atoms with Gasteiger partial charge in [-0.25, -0.2) is 13.1 Å². The van der Waals surface area contributed by atoms with Crippen LogP contribution in [0.2, 0.25) is 0 Å². The Kier molecular flexibility index (Phi) is 8.63. The van der Waals surface area contributed by atoms with Gasteiger partial charge < -0.3 is 4.74 Å². The fraction of sp³-hybridized carbons (Fsp3) is 0.321. The number of thiocarbonyl (C=S) groups is 1. The van der Waals surface area contributed by atoms with Gasteiger partial charge in [0.15, 0.2) is 0 Å². The monoisotopic (exact) mass is 582 g/mol. The Morgan fingerprint density at radius 1 is 1.08 bits per heavy atom. The molecule has 0 spiro atoms. The minimum absolute atomic E-state index is 0.152. The van der Waals surface area contributed by atoms with Crippen LogP contribution in [0.4, 0.5) is 0 Å². The highest BCUT2D eigenvalue weighted by atomic mass is 32.2. The van der Waals surface area contributed by atoms with E-state index in [2.05, 4.69) is 0 Å². The summed E-state index contributed by atoms with van der Waals surface area (Å²) in [6.45, 7) is 2.10. The molecule has 2 saturated heterocycles. The van der Waals surface area contributed by atoms with Crippen LogP contribution in [0.1, 0.15) is 31.2 Å². The molecule has 0 N–H and O–H groups in total. The lowest BCUT2D eigenvalue weighted by Crippen LogP contribution is -2.35. The van der Waals surface area contributed by atoms with Crippen LogP contribution in [0.3, 0.4) is 0 Å². The zero-order valence-electron chi connectivity index (χ0n) is 21.7. The Labute approximate surface area is 238 Å². The smallest absolute Gasteiger partial charge is 0.266 e. The van der Waals surface area contributed by atoms with Crippen molar-refractivity contribution in [3.05, 3.63) is 71.3 Å². The molecule has 2 aromatic carbocycles. The maximum Gasteiger partial charge on any atom is 0.266 e. The lowest BCUT2D eigenvalue weighted by atomic mass is 10.1. The summed E-state index contributed by atoms with van der Waals surface area (Å²) in [4.78, 5) is 15.5. The van der Waals surface area contributed by atoms with Gasteiger partial charge in [0, 0.05) is 50.7 Å². The molecule has 11 heteroatoms. The Hall–Kier alpha value is -2.83. The summed E-state index contributed by atoms with van der Waals surface area (Å²) in [5, 5.41) is 4.83.